The quantitative estimate of drug-likeness (QED) is 0.265. The topological polar surface area (TPSA) is 40.1 Å². The van der Waals surface area contributed by atoms with Crippen LogP contribution >= 0.6 is 14.6 Å². The monoisotopic (exact) mass is 476 g/mol. The van der Waals surface area contributed by atoms with Crippen molar-refractivity contribution in [3.63, 3.8) is 0 Å². The van der Waals surface area contributed by atoms with E-state index in [1.165, 1.54) is 51.4 Å². The second-order valence-corrected chi connectivity index (χ2v) is 15.5. The molecule has 0 bridgehead atoms. The van der Waals surface area contributed by atoms with Gasteiger partial charge in [-0.2, -0.15) is 0 Å². The van der Waals surface area contributed by atoms with E-state index in [1.54, 1.807) is 85.3 Å². The SMILES string of the molecule is CCCC[P+](CCCC)(CCCC)CCCC.O=P([O-])(c1ccccc1)c1ccccc1. The Morgan fingerprint density at radius 3 is 1.12 bits per heavy atom. The molecule has 0 aliphatic heterocycles. The second-order valence-electron chi connectivity index (χ2n) is 8.87. The Hall–Kier alpha value is -0.940. The molecule has 0 unspecified atom stereocenters. The number of rotatable bonds is 14. The molecule has 0 aliphatic carbocycles. The average molecular weight is 477 g/mol. The van der Waals surface area contributed by atoms with Gasteiger partial charge in [-0.3, -0.25) is 0 Å². The number of benzene rings is 2. The highest BCUT2D eigenvalue weighted by molar-refractivity contribution is 7.75. The predicted molar refractivity (Wildman–Crippen MR) is 146 cm³/mol. The standard InChI is InChI=1S/C16H36P.C12H11O2P/c1-5-9-13-17(14-10-6-2,15-11-7-3)16-12-8-4;13-15(14,11-7-3-1-4-8-11)12-9-5-2-6-10-12/h5-16H2,1-4H3;1-10H,(H,13,14)/q+1;/p-1. The van der Waals surface area contributed by atoms with Crippen molar-refractivity contribution in [2.24, 2.45) is 0 Å². The van der Waals surface area contributed by atoms with Gasteiger partial charge in [0.25, 0.3) is 0 Å². The van der Waals surface area contributed by atoms with Crippen LogP contribution in [0.3, 0.4) is 0 Å². The summed E-state index contributed by atoms with van der Waals surface area (Å²) in [6.45, 7) is 9.42. The van der Waals surface area contributed by atoms with Gasteiger partial charge >= 0.3 is 0 Å². The van der Waals surface area contributed by atoms with Gasteiger partial charge in [-0.15, -0.1) is 0 Å². The minimum absolute atomic E-state index is 0.358. The molecule has 0 saturated heterocycles. The fourth-order valence-electron chi connectivity index (χ4n) is 4.04. The molecule has 2 aromatic carbocycles. The van der Waals surface area contributed by atoms with Crippen LogP contribution in [0, 0.1) is 0 Å². The maximum absolute atomic E-state index is 12.1. The molecule has 180 valence electrons. The van der Waals surface area contributed by atoms with Crippen LogP contribution in [0.25, 0.3) is 0 Å². The van der Waals surface area contributed by atoms with Crippen LogP contribution in [0.4, 0.5) is 0 Å². The van der Waals surface area contributed by atoms with Crippen LogP contribution in [-0.4, -0.2) is 24.6 Å². The molecular formula is C28H46O2P2. The zero-order valence-corrected chi connectivity index (χ0v) is 22.8. The number of unbranched alkanes of at least 4 members (excludes halogenated alkanes) is 4. The van der Waals surface area contributed by atoms with Gasteiger partial charge in [0, 0.05) is 17.9 Å². The van der Waals surface area contributed by atoms with Crippen molar-refractivity contribution in [2.45, 2.75) is 79.1 Å². The van der Waals surface area contributed by atoms with E-state index < -0.39 is 14.6 Å². The zero-order valence-electron chi connectivity index (χ0n) is 21.0. The first-order chi connectivity index (χ1) is 15.5. The van der Waals surface area contributed by atoms with Gasteiger partial charge in [0.2, 0.25) is 0 Å². The van der Waals surface area contributed by atoms with Crippen LogP contribution in [0.2, 0.25) is 0 Å². The lowest BCUT2D eigenvalue weighted by Crippen LogP contribution is -2.24. The molecule has 0 fully saturated rings. The summed E-state index contributed by atoms with van der Waals surface area (Å²) in [6.07, 6.45) is 17.9. The van der Waals surface area contributed by atoms with Crippen molar-refractivity contribution < 1.29 is 9.46 Å². The third kappa shape index (κ3) is 10.3. The van der Waals surface area contributed by atoms with Gasteiger partial charge in [-0.25, -0.2) is 0 Å². The van der Waals surface area contributed by atoms with E-state index in [4.69, 9.17) is 0 Å². The fourth-order valence-corrected chi connectivity index (χ4v) is 10.8. The number of hydrogen-bond acceptors (Lipinski definition) is 2. The van der Waals surface area contributed by atoms with E-state index >= 15 is 0 Å². The third-order valence-electron chi connectivity index (χ3n) is 6.14. The first-order valence-electron chi connectivity index (χ1n) is 12.7. The molecule has 2 nitrogen and oxygen atoms in total. The van der Waals surface area contributed by atoms with E-state index in [0.717, 1.165) is 0 Å². The van der Waals surface area contributed by atoms with Crippen molar-refractivity contribution in [1.82, 2.24) is 0 Å². The molecule has 4 heteroatoms. The van der Waals surface area contributed by atoms with Gasteiger partial charge in [0.1, 0.15) is 0 Å². The molecule has 0 spiro atoms. The van der Waals surface area contributed by atoms with Crippen LogP contribution in [0.15, 0.2) is 60.7 Å². The van der Waals surface area contributed by atoms with Gasteiger partial charge in [-0.1, -0.05) is 114 Å². The average Bonchev–Trinajstić information content (AvgIpc) is 2.84. The molecule has 2 rings (SSSR count). The Bertz CT molecular complexity index is 666. The van der Waals surface area contributed by atoms with Gasteiger partial charge in [0.05, 0.1) is 32.0 Å². The van der Waals surface area contributed by atoms with E-state index in [9.17, 15) is 9.46 Å². The summed E-state index contributed by atoms with van der Waals surface area (Å²) in [5, 5.41) is 0.715. The predicted octanol–water partition coefficient (Wildman–Crippen LogP) is 7.48. The fraction of sp³-hybridized carbons (Fsp3) is 0.571. The Morgan fingerprint density at radius 2 is 0.875 bits per heavy atom. The Kier molecular flexibility index (Phi) is 15.1. The van der Waals surface area contributed by atoms with E-state index in [-0.39, 0.29) is 0 Å². The molecule has 0 N–H and O–H groups in total. The van der Waals surface area contributed by atoms with Crippen LogP contribution in [-0.2, 0) is 4.57 Å². The van der Waals surface area contributed by atoms with Crippen LogP contribution < -0.4 is 15.5 Å². The molecule has 2 aromatic rings. The Labute approximate surface area is 199 Å². The van der Waals surface area contributed by atoms with Gasteiger partial charge in [-0.05, 0) is 25.7 Å². The lowest BCUT2D eigenvalue weighted by molar-refractivity contribution is -0.167. The smallest absolute Gasteiger partial charge is 0.0720 e. The molecule has 0 heterocycles. The normalized spacial score (nSPS) is 11.7. The van der Waals surface area contributed by atoms with Gasteiger partial charge < -0.3 is 9.46 Å². The summed E-state index contributed by atoms with van der Waals surface area (Å²) in [7, 11) is -4.21. The molecule has 0 aliphatic rings. The summed E-state index contributed by atoms with van der Waals surface area (Å²) in [6, 6.07) is 16.9. The minimum Gasteiger partial charge on any atom is -0.793 e. The number of hydrogen-bond donors (Lipinski definition) is 0. The highest BCUT2D eigenvalue weighted by atomic mass is 31.2. The van der Waals surface area contributed by atoms with E-state index in [0.29, 0.717) is 10.6 Å². The van der Waals surface area contributed by atoms with Crippen LogP contribution in [0.1, 0.15) is 79.1 Å². The first kappa shape index (κ1) is 29.1. The largest absolute Gasteiger partial charge is 0.793 e. The van der Waals surface area contributed by atoms with Crippen LogP contribution in [0.5, 0.6) is 0 Å². The molecule has 0 atom stereocenters. The summed E-state index contributed by atoms with van der Waals surface area (Å²) in [4.78, 5) is 12.1. The van der Waals surface area contributed by atoms with Crippen molar-refractivity contribution >= 4 is 25.2 Å². The summed E-state index contributed by atoms with van der Waals surface area (Å²) in [5.41, 5.74) is 0. The van der Waals surface area contributed by atoms with Crippen molar-refractivity contribution in [2.75, 3.05) is 24.6 Å². The Morgan fingerprint density at radius 1 is 0.594 bits per heavy atom. The molecule has 32 heavy (non-hydrogen) atoms. The van der Waals surface area contributed by atoms with Crippen molar-refractivity contribution in [1.29, 1.82) is 0 Å². The second kappa shape index (κ2) is 16.6. The van der Waals surface area contributed by atoms with E-state index in [2.05, 4.69) is 27.7 Å². The zero-order chi connectivity index (χ0) is 23.7. The lowest BCUT2D eigenvalue weighted by Gasteiger charge is -2.28. The maximum Gasteiger partial charge on any atom is 0.0720 e. The molecule has 0 radical (unpaired) electrons. The molecule has 0 aromatic heterocycles. The van der Waals surface area contributed by atoms with Crippen molar-refractivity contribution in [3.8, 4) is 0 Å². The summed E-state index contributed by atoms with van der Waals surface area (Å²) < 4.78 is 12.1. The summed E-state index contributed by atoms with van der Waals surface area (Å²) >= 11 is 0. The van der Waals surface area contributed by atoms with Crippen molar-refractivity contribution in [3.05, 3.63) is 60.7 Å². The molecule has 0 amide bonds. The lowest BCUT2D eigenvalue weighted by atomic mass is 10.4. The Balaban J connectivity index is 0.000000321. The highest BCUT2D eigenvalue weighted by Gasteiger charge is 2.34. The first-order valence-corrected chi connectivity index (χ1v) is 16.9. The summed E-state index contributed by atoms with van der Waals surface area (Å²) in [5.74, 6) is 0. The minimum atomic E-state index is -3.65. The molecule has 0 saturated carbocycles. The third-order valence-corrected chi connectivity index (χ3v) is 13.2. The molecular weight excluding hydrogens is 430 g/mol. The van der Waals surface area contributed by atoms with E-state index in [1.807, 2.05) is 0 Å². The highest BCUT2D eigenvalue weighted by Crippen LogP contribution is 2.61. The van der Waals surface area contributed by atoms with Gasteiger partial charge in [0.15, 0.2) is 0 Å². The maximum atomic E-state index is 12.1.